The number of carbonyl (C=O) groups is 3. The average molecular weight is 377 g/mol. The Labute approximate surface area is 164 Å². The second-order valence-electron chi connectivity index (χ2n) is 7.52. The summed E-state index contributed by atoms with van der Waals surface area (Å²) in [5.41, 5.74) is 1.68. The molecule has 1 heterocycles. The molecule has 2 aromatic carbocycles. The second kappa shape index (κ2) is 7.58. The number of hydrogen-bond donors (Lipinski definition) is 0. The van der Waals surface area contributed by atoms with Crippen LogP contribution in [0.15, 0.2) is 54.6 Å². The van der Waals surface area contributed by atoms with Crippen molar-refractivity contribution in [1.29, 1.82) is 0 Å². The number of rotatable bonds is 4. The van der Waals surface area contributed by atoms with Crippen LogP contribution in [0.3, 0.4) is 0 Å². The van der Waals surface area contributed by atoms with Crippen LogP contribution < -0.4 is 4.90 Å². The first kappa shape index (κ1) is 18.4. The summed E-state index contributed by atoms with van der Waals surface area (Å²) in [5, 5.41) is 0. The number of imide groups is 1. The molecular formula is C23H23NO4. The van der Waals surface area contributed by atoms with Crippen molar-refractivity contribution in [2.24, 2.45) is 11.8 Å². The molecule has 0 spiro atoms. The van der Waals surface area contributed by atoms with E-state index in [9.17, 15) is 14.4 Å². The first-order valence-electron chi connectivity index (χ1n) is 9.80. The fourth-order valence-corrected chi connectivity index (χ4v) is 4.21. The lowest BCUT2D eigenvalue weighted by molar-refractivity contribution is -0.122. The van der Waals surface area contributed by atoms with Crippen LogP contribution in [-0.2, 0) is 14.3 Å². The zero-order valence-electron chi connectivity index (χ0n) is 15.8. The Kier molecular flexibility index (Phi) is 4.99. The number of ether oxygens (including phenoxy) is 1. The van der Waals surface area contributed by atoms with Gasteiger partial charge >= 0.3 is 5.97 Å². The number of fused-ring (bicyclic) bond motifs is 1. The van der Waals surface area contributed by atoms with Gasteiger partial charge < -0.3 is 4.74 Å². The minimum absolute atomic E-state index is 0.141. The summed E-state index contributed by atoms with van der Waals surface area (Å²) < 4.78 is 5.56. The summed E-state index contributed by atoms with van der Waals surface area (Å²) in [6.45, 7) is 1.81. The highest BCUT2D eigenvalue weighted by Gasteiger charge is 2.48. The average Bonchev–Trinajstić information content (AvgIpc) is 2.99. The fourth-order valence-electron chi connectivity index (χ4n) is 4.21. The van der Waals surface area contributed by atoms with Crippen LogP contribution in [0.2, 0.25) is 0 Å². The lowest BCUT2D eigenvalue weighted by atomic mass is 9.81. The Morgan fingerprint density at radius 3 is 2.25 bits per heavy atom. The molecule has 0 aromatic heterocycles. The van der Waals surface area contributed by atoms with E-state index in [4.69, 9.17) is 4.74 Å². The van der Waals surface area contributed by atoms with Gasteiger partial charge in [-0.05, 0) is 43.5 Å². The van der Waals surface area contributed by atoms with Crippen LogP contribution in [0.1, 0.15) is 54.6 Å². The number of anilines is 1. The highest BCUT2D eigenvalue weighted by atomic mass is 16.5. The summed E-state index contributed by atoms with van der Waals surface area (Å²) >= 11 is 0. The maximum absolute atomic E-state index is 12.8. The zero-order valence-corrected chi connectivity index (χ0v) is 15.8. The van der Waals surface area contributed by atoms with Crippen molar-refractivity contribution in [2.75, 3.05) is 4.90 Å². The number of hydrogen-bond acceptors (Lipinski definition) is 4. The smallest absolute Gasteiger partial charge is 0.338 e. The molecule has 1 aliphatic heterocycles. The molecule has 0 bridgehead atoms. The van der Waals surface area contributed by atoms with Gasteiger partial charge in [0, 0.05) is 0 Å². The van der Waals surface area contributed by atoms with Gasteiger partial charge in [-0.15, -0.1) is 0 Å². The van der Waals surface area contributed by atoms with E-state index < -0.39 is 12.1 Å². The van der Waals surface area contributed by atoms with Crippen LogP contribution in [-0.4, -0.2) is 17.8 Å². The number of carbonyl (C=O) groups excluding carboxylic acids is 3. The van der Waals surface area contributed by atoms with Crippen LogP contribution >= 0.6 is 0 Å². The monoisotopic (exact) mass is 377 g/mol. The van der Waals surface area contributed by atoms with E-state index in [0.29, 0.717) is 11.3 Å². The Morgan fingerprint density at radius 2 is 1.61 bits per heavy atom. The maximum atomic E-state index is 12.8. The third-order valence-electron chi connectivity index (χ3n) is 5.73. The molecule has 28 heavy (non-hydrogen) atoms. The van der Waals surface area contributed by atoms with Crippen LogP contribution in [0.5, 0.6) is 0 Å². The lowest BCUT2D eigenvalue weighted by Crippen LogP contribution is -2.31. The van der Waals surface area contributed by atoms with Crippen molar-refractivity contribution < 1.29 is 19.1 Å². The van der Waals surface area contributed by atoms with E-state index in [-0.39, 0.29) is 23.7 Å². The molecule has 0 N–H and O–H groups in total. The normalized spacial score (nSPS) is 22.7. The Hall–Kier alpha value is -2.95. The minimum atomic E-state index is -0.477. The molecule has 2 aliphatic rings. The highest BCUT2D eigenvalue weighted by molar-refractivity contribution is 6.22. The Balaban J connectivity index is 1.54. The molecule has 3 atom stereocenters. The molecule has 0 unspecified atom stereocenters. The predicted molar refractivity (Wildman–Crippen MR) is 105 cm³/mol. The van der Waals surface area contributed by atoms with Gasteiger partial charge in [0.1, 0.15) is 6.10 Å². The van der Waals surface area contributed by atoms with Crippen molar-refractivity contribution in [3.63, 3.8) is 0 Å². The van der Waals surface area contributed by atoms with Gasteiger partial charge in [-0.1, -0.05) is 49.2 Å². The lowest BCUT2D eigenvalue weighted by Gasteiger charge is -2.19. The third-order valence-corrected chi connectivity index (χ3v) is 5.73. The Bertz CT molecular complexity index is 884. The largest absolute Gasteiger partial charge is 0.454 e. The number of esters is 1. The zero-order chi connectivity index (χ0) is 19.7. The number of nitrogens with zero attached hydrogens (tertiary/aromatic N) is 1. The van der Waals surface area contributed by atoms with Crippen molar-refractivity contribution in [1.82, 2.24) is 0 Å². The summed E-state index contributed by atoms with van der Waals surface area (Å²) in [7, 11) is 0. The first-order valence-corrected chi connectivity index (χ1v) is 9.80. The molecule has 1 saturated heterocycles. The Morgan fingerprint density at radius 1 is 0.964 bits per heavy atom. The summed E-state index contributed by atoms with van der Waals surface area (Å²) in [6, 6.07) is 16.1. The molecule has 2 fully saturated rings. The quantitative estimate of drug-likeness (QED) is 0.589. The molecule has 5 nitrogen and oxygen atoms in total. The SMILES string of the molecule is C[C@H](OC(=O)c1cccc(N2C(=O)[C@H]3CCCC[C@H]3C2=O)c1)c1ccccc1. The maximum Gasteiger partial charge on any atom is 0.338 e. The number of benzene rings is 2. The minimum Gasteiger partial charge on any atom is -0.454 e. The van der Waals surface area contributed by atoms with E-state index in [0.717, 1.165) is 31.2 Å². The van der Waals surface area contributed by atoms with E-state index in [2.05, 4.69) is 0 Å². The van der Waals surface area contributed by atoms with Crippen molar-refractivity contribution >= 4 is 23.5 Å². The molecule has 1 aliphatic carbocycles. The predicted octanol–water partition coefficient (Wildman–Crippen LogP) is 4.28. The van der Waals surface area contributed by atoms with Gasteiger partial charge in [-0.2, -0.15) is 0 Å². The van der Waals surface area contributed by atoms with E-state index in [1.165, 1.54) is 4.90 Å². The van der Waals surface area contributed by atoms with Gasteiger partial charge in [0.05, 0.1) is 23.1 Å². The molecule has 4 rings (SSSR count). The molecule has 1 saturated carbocycles. The summed E-state index contributed by atoms with van der Waals surface area (Å²) in [5.74, 6) is -1.18. The molecule has 144 valence electrons. The third kappa shape index (κ3) is 3.33. The van der Waals surface area contributed by atoms with Gasteiger partial charge in [-0.25, -0.2) is 4.79 Å². The van der Waals surface area contributed by atoms with Gasteiger partial charge in [0.2, 0.25) is 11.8 Å². The van der Waals surface area contributed by atoms with E-state index in [1.807, 2.05) is 37.3 Å². The summed E-state index contributed by atoms with van der Waals surface area (Å²) in [6.07, 6.45) is 3.11. The van der Waals surface area contributed by atoms with Gasteiger partial charge in [0.15, 0.2) is 0 Å². The standard InChI is InChI=1S/C23H23NO4/c1-15(16-8-3-2-4-9-16)28-23(27)17-10-7-11-18(14-17)24-21(25)19-12-5-6-13-20(19)22(24)26/h2-4,7-11,14-15,19-20H,5-6,12-13H2,1H3/t15-,19-,20+/m0/s1. The highest BCUT2D eigenvalue weighted by Crippen LogP contribution is 2.40. The first-order chi connectivity index (χ1) is 13.6. The van der Waals surface area contributed by atoms with E-state index in [1.54, 1.807) is 24.3 Å². The van der Waals surface area contributed by atoms with Crippen molar-refractivity contribution in [3.8, 4) is 0 Å². The van der Waals surface area contributed by atoms with E-state index >= 15 is 0 Å². The van der Waals surface area contributed by atoms with Crippen LogP contribution in [0.4, 0.5) is 5.69 Å². The summed E-state index contributed by atoms with van der Waals surface area (Å²) in [4.78, 5) is 39.4. The van der Waals surface area contributed by atoms with Crippen molar-refractivity contribution in [3.05, 3.63) is 65.7 Å². The fraction of sp³-hybridized carbons (Fsp3) is 0.348. The molecular weight excluding hydrogens is 354 g/mol. The molecule has 2 aromatic rings. The molecule has 2 amide bonds. The second-order valence-corrected chi connectivity index (χ2v) is 7.52. The van der Waals surface area contributed by atoms with Crippen molar-refractivity contribution in [2.45, 2.75) is 38.7 Å². The van der Waals surface area contributed by atoms with Gasteiger partial charge in [0.25, 0.3) is 0 Å². The van der Waals surface area contributed by atoms with Crippen LogP contribution in [0, 0.1) is 11.8 Å². The topological polar surface area (TPSA) is 63.7 Å². The number of amides is 2. The van der Waals surface area contributed by atoms with Gasteiger partial charge in [-0.3, -0.25) is 14.5 Å². The molecule has 0 radical (unpaired) electrons. The van der Waals surface area contributed by atoms with Crippen LogP contribution in [0.25, 0.3) is 0 Å². The molecule has 5 heteroatoms.